The van der Waals surface area contributed by atoms with Gasteiger partial charge in [-0.1, -0.05) is 19.3 Å². The van der Waals surface area contributed by atoms with Crippen molar-refractivity contribution in [2.45, 2.75) is 56.9 Å². The fourth-order valence-corrected chi connectivity index (χ4v) is 3.31. The van der Waals surface area contributed by atoms with Gasteiger partial charge >= 0.3 is 0 Å². The minimum atomic E-state index is 0.476. The summed E-state index contributed by atoms with van der Waals surface area (Å²) in [6, 6.07) is 0.476. The summed E-state index contributed by atoms with van der Waals surface area (Å²) < 4.78 is 2.04. The predicted octanol–water partition coefficient (Wildman–Crippen LogP) is 4.14. The van der Waals surface area contributed by atoms with Gasteiger partial charge in [0.05, 0.1) is 6.20 Å². The molecule has 16 heavy (non-hydrogen) atoms. The van der Waals surface area contributed by atoms with Crippen LogP contribution in [0.15, 0.2) is 17.3 Å². The summed E-state index contributed by atoms with van der Waals surface area (Å²) in [5.74, 6) is 2.23. The SMILES string of the molecule is CC(C)n1cc(SCC2CCCCC2)cn1. The molecule has 1 aromatic rings. The summed E-state index contributed by atoms with van der Waals surface area (Å²) in [6.07, 6.45) is 11.4. The quantitative estimate of drug-likeness (QED) is 0.734. The molecule has 1 fully saturated rings. The van der Waals surface area contributed by atoms with Gasteiger partial charge < -0.3 is 0 Å². The molecule has 2 rings (SSSR count). The number of hydrogen-bond donors (Lipinski definition) is 0. The molecule has 1 heterocycles. The van der Waals surface area contributed by atoms with Gasteiger partial charge in [0.1, 0.15) is 0 Å². The van der Waals surface area contributed by atoms with Crippen LogP contribution in [0.2, 0.25) is 0 Å². The topological polar surface area (TPSA) is 17.8 Å². The van der Waals surface area contributed by atoms with Crippen LogP contribution in [-0.4, -0.2) is 15.5 Å². The Morgan fingerprint density at radius 2 is 2.12 bits per heavy atom. The minimum Gasteiger partial charge on any atom is -0.269 e. The van der Waals surface area contributed by atoms with Crippen LogP contribution >= 0.6 is 11.8 Å². The van der Waals surface area contributed by atoms with Crippen molar-refractivity contribution in [2.24, 2.45) is 5.92 Å². The Bertz CT molecular complexity index is 313. The highest BCUT2D eigenvalue weighted by Crippen LogP contribution is 2.29. The molecule has 0 bridgehead atoms. The van der Waals surface area contributed by atoms with Crippen LogP contribution in [0.3, 0.4) is 0 Å². The van der Waals surface area contributed by atoms with E-state index in [-0.39, 0.29) is 0 Å². The van der Waals surface area contributed by atoms with Gasteiger partial charge in [-0.05, 0) is 32.6 Å². The largest absolute Gasteiger partial charge is 0.269 e. The van der Waals surface area contributed by atoms with Gasteiger partial charge in [-0.3, -0.25) is 4.68 Å². The van der Waals surface area contributed by atoms with E-state index in [1.807, 2.05) is 22.6 Å². The molecule has 1 aliphatic carbocycles. The molecule has 0 N–H and O–H groups in total. The zero-order chi connectivity index (χ0) is 11.4. The Hall–Kier alpha value is -0.440. The van der Waals surface area contributed by atoms with Gasteiger partial charge in [-0.2, -0.15) is 5.10 Å². The maximum Gasteiger partial charge on any atom is 0.0626 e. The van der Waals surface area contributed by atoms with Gasteiger partial charge in [0, 0.05) is 22.9 Å². The average Bonchev–Trinajstić information content (AvgIpc) is 2.76. The molecule has 1 aromatic heterocycles. The van der Waals surface area contributed by atoms with Crippen LogP contribution in [0, 0.1) is 5.92 Å². The average molecular weight is 238 g/mol. The zero-order valence-electron chi connectivity index (χ0n) is 10.4. The summed E-state index contributed by atoms with van der Waals surface area (Å²) in [4.78, 5) is 1.33. The van der Waals surface area contributed by atoms with Crippen molar-refractivity contribution in [1.82, 2.24) is 9.78 Å². The fourth-order valence-electron chi connectivity index (χ4n) is 2.25. The first-order valence-electron chi connectivity index (χ1n) is 6.42. The molecule has 1 saturated carbocycles. The van der Waals surface area contributed by atoms with Crippen LogP contribution in [0.1, 0.15) is 52.0 Å². The van der Waals surface area contributed by atoms with E-state index < -0.39 is 0 Å². The van der Waals surface area contributed by atoms with E-state index in [0.717, 1.165) is 5.92 Å². The third-order valence-electron chi connectivity index (χ3n) is 3.32. The predicted molar refractivity (Wildman–Crippen MR) is 69.9 cm³/mol. The molecule has 0 aliphatic heterocycles. The zero-order valence-corrected chi connectivity index (χ0v) is 11.2. The first-order chi connectivity index (χ1) is 7.75. The van der Waals surface area contributed by atoms with Gasteiger partial charge in [-0.25, -0.2) is 0 Å². The van der Waals surface area contributed by atoms with Crippen LogP contribution in [0.5, 0.6) is 0 Å². The summed E-state index contributed by atoms with van der Waals surface area (Å²) in [5.41, 5.74) is 0. The van der Waals surface area contributed by atoms with Crippen LogP contribution in [0.25, 0.3) is 0 Å². The lowest BCUT2D eigenvalue weighted by Gasteiger charge is -2.20. The Morgan fingerprint density at radius 3 is 2.75 bits per heavy atom. The van der Waals surface area contributed by atoms with Crippen molar-refractivity contribution in [3.8, 4) is 0 Å². The van der Waals surface area contributed by atoms with E-state index in [1.54, 1.807) is 0 Å². The first kappa shape index (κ1) is 12.0. The first-order valence-corrected chi connectivity index (χ1v) is 7.41. The highest BCUT2D eigenvalue weighted by Gasteiger charge is 2.14. The van der Waals surface area contributed by atoms with Crippen molar-refractivity contribution in [3.63, 3.8) is 0 Å². The van der Waals surface area contributed by atoms with Gasteiger partial charge in [0.2, 0.25) is 0 Å². The Balaban J connectivity index is 1.79. The molecular formula is C13H22N2S. The summed E-state index contributed by atoms with van der Waals surface area (Å²) in [6.45, 7) is 4.34. The summed E-state index contributed by atoms with van der Waals surface area (Å²) in [7, 11) is 0. The molecule has 0 radical (unpaired) electrons. The van der Waals surface area contributed by atoms with E-state index in [0.29, 0.717) is 6.04 Å². The lowest BCUT2D eigenvalue weighted by Crippen LogP contribution is -2.08. The van der Waals surface area contributed by atoms with Crippen molar-refractivity contribution in [1.29, 1.82) is 0 Å². The lowest BCUT2D eigenvalue weighted by atomic mass is 9.91. The van der Waals surface area contributed by atoms with Crippen molar-refractivity contribution in [3.05, 3.63) is 12.4 Å². The smallest absolute Gasteiger partial charge is 0.0626 e. The molecule has 2 nitrogen and oxygen atoms in total. The Labute approximate surface area is 103 Å². The number of nitrogens with zero attached hydrogens (tertiary/aromatic N) is 2. The minimum absolute atomic E-state index is 0.476. The number of hydrogen-bond acceptors (Lipinski definition) is 2. The third-order valence-corrected chi connectivity index (χ3v) is 4.50. The van der Waals surface area contributed by atoms with Gasteiger partial charge in [-0.15, -0.1) is 11.8 Å². The van der Waals surface area contributed by atoms with Crippen molar-refractivity contribution < 1.29 is 0 Å². The Kier molecular flexibility index (Phi) is 4.33. The molecule has 0 spiro atoms. The molecule has 1 aliphatic rings. The van der Waals surface area contributed by atoms with Crippen LogP contribution < -0.4 is 0 Å². The molecular weight excluding hydrogens is 216 g/mol. The lowest BCUT2D eigenvalue weighted by molar-refractivity contribution is 0.391. The van der Waals surface area contributed by atoms with E-state index in [4.69, 9.17) is 0 Å². The van der Waals surface area contributed by atoms with Crippen molar-refractivity contribution in [2.75, 3.05) is 5.75 Å². The highest BCUT2D eigenvalue weighted by molar-refractivity contribution is 7.99. The van der Waals surface area contributed by atoms with Gasteiger partial charge in [0.15, 0.2) is 0 Å². The van der Waals surface area contributed by atoms with Crippen LogP contribution in [-0.2, 0) is 0 Å². The van der Waals surface area contributed by atoms with Crippen molar-refractivity contribution >= 4 is 11.8 Å². The Morgan fingerprint density at radius 1 is 1.38 bits per heavy atom. The monoisotopic (exact) mass is 238 g/mol. The molecule has 90 valence electrons. The summed E-state index contributed by atoms with van der Waals surface area (Å²) >= 11 is 1.98. The second-order valence-electron chi connectivity index (χ2n) is 5.06. The molecule has 0 saturated heterocycles. The van der Waals surface area contributed by atoms with E-state index in [1.165, 1.54) is 42.8 Å². The highest BCUT2D eigenvalue weighted by atomic mass is 32.2. The maximum atomic E-state index is 4.38. The van der Waals surface area contributed by atoms with E-state index in [2.05, 4.69) is 25.1 Å². The van der Waals surface area contributed by atoms with E-state index >= 15 is 0 Å². The number of rotatable bonds is 4. The molecule has 0 aromatic carbocycles. The second kappa shape index (κ2) is 5.76. The maximum absolute atomic E-state index is 4.38. The molecule has 3 heteroatoms. The van der Waals surface area contributed by atoms with E-state index in [9.17, 15) is 0 Å². The number of aromatic nitrogens is 2. The van der Waals surface area contributed by atoms with Crippen LogP contribution in [0.4, 0.5) is 0 Å². The normalized spacial score (nSPS) is 18.2. The third kappa shape index (κ3) is 3.27. The number of thioether (sulfide) groups is 1. The molecule has 0 amide bonds. The van der Waals surface area contributed by atoms with Gasteiger partial charge in [0.25, 0.3) is 0 Å². The summed E-state index contributed by atoms with van der Waals surface area (Å²) in [5, 5.41) is 4.38. The standard InChI is InChI=1S/C13H22N2S/c1-11(2)15-9-13(8-14-15)16-10-12-6-4-3-5-7-12/h8-9,11-12H,3-7,10H2,1-2H3. The fraction of sp³-hybridized carbons (Fsp3) is 0.769. The molecule has 0 atom stereocenters. The molecule has 0 unspecified atom stereocenters. The second-order valence-corrected chi connectivity index (χ2v) is 6.16.